The van der Waals surface area contributed by atoms with Crippen LogP contribution < -0.4 is 10.1 Å². The highest BCUT2D eigenvalue weighted by molar-refractivity contribution is 9.10. The fourth-order valence-electron chi connectivity index (χ4n) is 2.00. The van der Waals surface area contributed by atoms with Crippen LogP contribution in [-0.4, -0.2) is 22.3 Å². The minimum absolute atomic E-state index is 0.209. The normalized spacial score (nSPS) is 11.7. The van der Waals surface area contributed by atoms with Gasteiger partial charge in [-0.15, -0.1) is 0 Å². The van der Waals surface area contributed by atoms with Crippen molar-refractivity contribution in [3.05, 3.63) is 39.6 Å². The minimum atomic E-state index is -0.255. The molecule has 2 rings (SSSR count). The van der Waals surface area contributed by atoms with E-state index < -0.39 is 0 Å². The second-order valence-electron chi connectivity index (χ2n) is 7.25. The minimum Gasteiger partial charge on any atom is -0.492 e. The Bertz CT molecular complexity index is 766. The maximum absolute atomic E-state index is 12.5. The lowest BCUT2D eigenvalue weighted by Crippen LogP contribution is -2.22. The Morgan fingerprint density at radius 3 is 2.60 bits per heavy atom. The third-order valence-corrected chi connectivity index (χ3v) is 4.24. The second kappa shape index (κ2) is 7.79. The van der Waals surface area contributed by atoms with Crippen molar-refractivity contribution in [3.63, 3.8) is 0 Å². The average Bonchev–Trinajstić information content (AvgIpc) is 2.88. The largest absolute Gasteiger partial charge is 0.492 e. The molecule has 1 aromatic heterocycles. The van der Waals surface area contributed by atoms with Gasteiger partial charge in [0.1, 0.15) is 10.4 Å². The van der Waals surface area contributed by atoms with Gasteiger partial charge in [0.2, 0.25) is 0 Å². The van der Waals surface area contributed by atoms with Crippen LogP contribution in [-0.2, 0) is 5.54 Å². The summed E-state index contributed by atoms with van der Waals surface area (Å²) < 4.78 is 7.89. The maximum Gasteiger partial charge on any atom is 0.260 e. The number of ether oxygens (including phenoxy) is 1. The van der Waals surface area contributed by atoms with Gasteiger partial charge in [-0.05, 0) is 60.8 Å². The molecule has 0 aliphatic rings. The molecule has 25 heavy (non-hydrogen) atoms. The number of nitrogens with zero attached hydrogens (tertiary/aromatic N) is 2. The topological polar surface area (TPSA) is 56.1 Å². The number of rotatable bonds is 5. The van der Waals surface area contributed by atoms with E-state index in [4.69, 9.17) is 16.3 Å². The first-order valence-electron chi connectivity index (χ1n) is 8.07. The zero-order chi connectivity index (χ0) is 18.8. The molecule has 0 radical (unpaired) electrons. The number of hydrogen-bond donors (Lipinski definition) is 1. The number of aromatic nitrogens is 2. The van der Waals surface area contributed by atoms with Gasteiger partial charge in [-0.25, -0.2) is 0 Å². The molecule has 5 nitrogen and oxygen atoms in total. The van der Waals surface area contributed by atoms with Crippen molar-refractivity contribution in [2.24, 2.45) is 5.92 Å². The Morgan fingerprint density at radius 2 is 2.08 bits per heavy atom. The number of nitrogens with one attached hydrogen (secondary N) is 1. The van der Waals surface area contributed by atoms with E-state index in [2.05, 4.69) is 40.2 Å². The van der Waals surface area contributed by atoms with Crippen molar-refractivity contribution in [1.82, 2.24) is 9.78 Å². The monoisotopic (exact) mass is 427 g/mol. The van der Waals surface area contributed by atoms with E-state index >= 15 is 0 Å². The van der Waals surface area contributed by atoms with E-state index in [0.29, 0.717) is 39.2 Å². The van der Waals surface area contributed by atoms with Crippen molar-refractivity contribution < 1.29 is 9.53 Å². The first kappa shape index (κ1) is 19.8. The predicted octanol–water partition coefficient (Wildman–Crippen LogP) is 5.34. The molecule has 0 unspecified atom stereocenters. The number of carbonyl (C=O) groups excluding carboxylic acids is 1. The molecule has 7 heteroatoms. The fraction of sp³-hybridized carbons (Fsp3) is 0.444. The van der Waals surface area contributed by atoms with Crippen LogP contribution in [0.2, 0.25) is 5.02 Å². The first-order chi connectivity index (χ1) is 11.6. The highest BCUT2D eigenvalue weighted by atomic mass is 79.9. The molecule has 0 saturated heterocycles. The van der Waals surface area contributed by atoms with Crippen LogP contribution in [0, 0.1) is 5.92 Å². The summed E-state index contributed by atoms with van der Waals surface area (Å²) in [6.07, 6.45) is 1.72. The molecule has 0 atom stereocenters. The van der Waals surface area contributed by atoms with Crippen molar-refractivity contribution in [2.75, 3.05) is 11.9 Å². The lowest BCUT2D eigenvalue weighted by Gasteiger charge is -2.18. The van der Waals surface area contributed by atoms with Gasteiger partial charge in [0.05, 0.1) is 22.7 Å². The zero-order valence-corrected chi connectivity index (χ0v) is 17.4. The number of benzene rings is 1. The number of amides is 1. The number of hydrogen-bond acceptors (Lipinski definition) is 3. The molecule has 0 spiro atoms. The predicted molar refractivity (Wildman–Crippen MR) is 105 cm³/mol. The number of carbonyl (C=O) groups is 1. The summed E-state index contributed by atoms with van der Waals surface area (Å²) in [4.78, 5) is 12.5. The quantitative estimate of drug-likeness (QED) is 0.699. The second-order valence-corrected chi connectivity index (χ2v) is 8.41. The van der Waals surface area contributed by atoms with Crippen LogP contribution in [0.25, 0.3) is 0 Å². The first-order valence-corrected chi connectivity index (χ1v) is 9.24. The smallest absolute Gasteiger partial charge is 0.260 e. The molecule has 0 bridgehead atoms. The summed E-state index contributed by atoms with van der Waals surface area (Å²) in [5, 5.41) is 7.64. The lowest BCUT2D eigenvalue weighted by atomic mass is 10.1. The zero-order valence-electron chi connectivity index (χ0n) is 15.1. The molecule has 1 N–H and O–H groups in total. The summed E-state index contributed by atoms with van der Waals surface area (Å²) in [5.41, 5.74) is 0.855. The van der Waals surface area contributed by atoms with E-state index in [1.807, 2.05) is 20.8 Å². The van der Waals surface area contributed by atoms with Gasteiger partial charge in [0, 0.05) is 11.9 Å². The number of anilines is 1. The number of halogens is 2. The molecular weight excluding hydrogens is 406 g/mol. The molecule has 0 saturated carbocycles. The summed E-state index contributed by atoms with van der Waals surface area (Å²) in [7, 11) is 0. The van der Waals surface area contributed by atoms with Gasteiger partial charge in [0.15, 0.2) is 0 Å². The Hall–Kier alpha value is -1.53. The Labute approximate surface area is 161 Å². The molecule has 1 amide bonds. The van der Waals surface area contributed by atoms with Crippen LogP contribution in [0.1, 0.15) is 45.0 Å². The van der Waals surface area contributed by atoms with Crippen molar-refractivity contribution in [3.8, 4) is 5.75 Å². The molecule has 0 aliphatic heterocycles. The van der Waals surface area contributed by atoms with Crippen LogP contribution in [0.5, 0.6) is 5.75 Å². The van der Waals surface area contributed by atoms with Gasteiger partial charge >= 0.3 is 0 Å². The van der Waals surface area contributed by atoms with Crippen LogP contribution in [0.4, 0.5) is 5.69 Å². The molecular formula is C18H23BrClN3O2. The molecule has 2 aromatic rings. The Morgan fingerprint density at radius 1 is 1.40 bits per heavy atom. The van der Waals surface area contributed by atoms with Gasteiger partial charge in [0.25, 0.3) is 5.91 Å². The molecule has 1 aromatic carbocycles. The lowest BCUT2D eigenvalue weighted by molar-refractivity contribution is 0.102. The van der Waals surface area contributed by atoms with Crippen molar-refractivity contribution in [2.45, 2.75) is 40.2 Å². The summed E-state index contributed by atoms with van der Waals surface area (Å²) in [6, 6.07) is 5.20. The van der Waals surface area contributed by atoms with Crippen LogP contribution >= 0.6 is 27.5 Å². The van der Waals surface area contributed by atoms with Gasteiger partial charge < -0.3 is 10.1 Å². The summed E-state index contributed by atoms with van der Waals surface area (Å²) in [6.45, 7) is 10.8. The highest BCUT2D eigenvalue weighted by Crippen LogP contribution is 2.29. The third-order valence-electron chi connectivity index (χ3n) is 3.36. The average molecular weight is 429 g/mol. The highest BCUT2D eigenvalue weighted by Gasteiger charge is 2.21. The standard InChI is InChI=1S/C18H23BrClN3O2/c1-11(2)10-25-15-7-6-12(8-14(15)20)21-17(24)13-9-23(18(3,4)5)22-16(13)19/h6-9,11H,10H2,1-5H3,(H,21,24). The van der Waals surface area contributed by atoms with E-state index in [0.717, 1.165) is 0 Å². The Balaban J connectivity index is 2.13. The van der Waals surface area contributed by atoms with Crippen molar-refractivity contribution in [1.29, 1.82) is 0 Å². The summed E-state index contributed by atoms with van der Waals surface area (Å²) >= 11 is 9.58. The van der Waals surface area contributed by atoms with E-state index in [1.165, 1.54) is 0 Å². The fourth-order valence-corrected chi connectivity index (χ4v) is 2.69. The van der Waals surface area contributed by atoms with Crippen LogP contribution in [0.3, 0.4) is 0 Å². The molecule has 1 heterocycles. The molecule has 0 aliphatic carbocycles. The van der Waals surface area contributed by atoms with E-state index in [9.17, 15) is 4.79 Å². The molecule has 0 fully saturated rings. The molecule has 136 valence electrons. The SMILES string of the molecule is CC(C)COc1ccc(NC(=O)c2cn(C(C)(C)C)nc2Br)cc1Cl. The van der Waals surface area contributed by atoms with E-state index in [-0.39, 0.29) is 11.4 Å². The van der Waals surface area contributed by atoms with E-state index in [1.54, 1.807) is 29.1 Å². The van der Waals surface area contributed by atoms with Gasteiger partial charge in [-0.2, -0.15) is 5.10 Å². The maximum atomic E-state index is 12.5. The van der Waals surface area contributed by atoms with Crippen molar-refractivity contribution >= 4 is 39.1 Å². The van der Waals surface area contributed by atoms with Gasteiger partial charge in [-0.3, -0.25) is 9.48 Å². The third kappa shape index (κ3) is 5.22. The van der Waals surface area contributed by atoms with Gasteiger partial charge in [-0.1, -0.05) is 25.4 Å². The summed E-state index contributed by atoms with van der Waals surface area (Å²) in [5.74, 6) is 0.761. The Kier molecular flexibility index (Phi) is 6.16. The van der Waals surface area contributed by atoms with Crippen LogP contribution in [0.15, 0.2) is 29.0 Å².